The summed E-state index contributed by atoms with van der Waals surface area (Å²) >= 11 is 6.05. The fraction of sp³-hybridized carbons (Fsp3) is 0.333. The molecule has 0 spiro atoms. The second-order valence-electron chi connectivity index (χ2n) is 6.66. The molecule has 1 N–H and O–H groups in total. The molecule has 8 heteroatoms. The van der Waals surface area contributed by atoms with Crippen molar-refractivity contribution in [2.24, 2.45) is 0 Å². The molecule has 0 saturated carbocycles. The van der Waals surface area contributed by atoms with E-state index in [-0.39, 0.29) is 24.9 Å². The molecule has 0 aliphatic heterocycles. The van der Waals surface area contributed by atoms with Crippen molar-refractivity contribution in [3.8, 4) is 11.5 Å². The smallest absolute Gasteiger partial charge is 0.243 e. The molecule has 0 aliphatic rings. The third-order valence-electron chi connectivity index (χ3n) is 4.25. The summed E-state index contributed by atoms with van der Waals surface area (Å²) in [6.07, 6.45) is 0. The van der Waals surface area contributed by atoms with Crippen molar-refractivity contribution < 1.29 is 19.1 Å². The van der Waals surface area contributed by atoms with Crippen LogP contribution in [-0.4, -0.2) is 63.0 Å². The Morgan fingerprint density at radius 3 is 2.48 bits per heavy atom. The maximum atomic E-state index is 12.5. The molecule has 2 rings (SSSR count). The number of hydrogen-bond acceptors (Lipinski definition) is 5. The Morgan fingerprint density at radius 1 is 1.03 bits per heavy atom. The molecule has 2 amide bonds. The van der Waals surface area contributed by atoms with Crippen LogP contribution >= 0.6 is 11.6 Å². The van der Waals surface area contributed by atoms with E-state index in [2.05, 4.69) is 5.32 Å². The number of benzene rings is 2. The van der Waals surface area contributed by atoms with Gasteiger partial charge in [-0.1, -0.05) is 17.7 Å². The highest BCUT2D eigenvalue weighted by Crippen LogP contribution is 2.23. The summed E-state index contributed by atoms with van der Waals surface area (Å²) in [6.45, 7) is 0.586. The maximum Gasteiger partial charge on any atom is 0.243 e. The third kappa shape index (κ3) is 6.96. The molecule has 0 atom stereocenters. The Balaban J connectivity index is 1.87. The van der Waals surface area contributed by atoms with Crippen LogP contribution in [0, 0.1) is 0 Å². The molecule has 0 fully saturated rings. The van der Waals surface area contributed by atoms with Crippen LogP contribution in [0.25, 0.3) is 0 Å². The summed E-state index contributed by atoms with van der Waals surface area (Å²) in [5.41, 5.74) is 1.49. The van der Waals surface area contributed by atoms with Crippen LogP contribution in [-0.2, 0) is 16.1 Å². The molecule has 0 heterocycles. The standard InChI is InChI=1S/C21H26ClN3O4/c1-24(12-15-10-16(22)8-9-19(15)29-4)14-21(27)25(2)13-20(26)23-17-6-5-7-18(11-17)28-3/h5-11H,12-14H2,1-4H3,(H,23,26). The number of ether oxygens (including phenoxy) is 2. The Labute approximate surface area is 176 Å². The summed E-state index contributed by atoms with van der Waals surface area (Å²) in [4.78, 5) is 27.9. The zero-order valence-electron chi connectivity index (χ0n) is 17.1. The van der Waals surface area contributed by atoms with Crippen molar-refractivity contribution in [1.29, 1.82) is 0 Å². The summed E-state index contributed by atoms with van der Waals surface area (Å²) in [5.74, 6) is 0.896. The normalized spacial score (nSPS) is 10.6. The first-order valence-electron chi connectivity index (χ1n) is 9.01. The number of amides is 2. The predicted molar refractivity (Wildman–Crippen MR) is 114 cm³/mol. The summed E-state index contributed by atoms with van der Waals surface area (Å²) < 4.78 is 10.5. The molecular weight excluding hydrogens is 394 g/mol. The summed E-state index contributed by atoms with van der Waals surface area (Å²) in [7, 11) is 6.57. The number of nitrogens with one attached hydrogen (secondary N) is 1. The highest BCUT2D eigenvalue weighted by molar-refractivity contribution is 6.30. The Kier molecular flexibility index (Phi) is 8.30. The second-order valence-corrected chi connectivity index (χ2v) is 7.09. The van der Waals surface area contributed by atoms with Crippen LogP contribution in [0.15, 0.2) is 42.5 Å². The quantitative estimate of drug-likeness (QED) is 0.676. The lowest BCUT2D eigenvalue weighted by atomic mass is 10.2. The molecule has 7 nitrogen and oxygen atoms in total. The molecule has 156 valence electrons. The van der Waals surface area contributed by atoms with E-state index in [0.29, 0.717) is 28.8 Å². The molecule has 0 aliphatic carbocycles. The lowest BCUT2D eigenvalue weighted by Crippen LogP contribution is -2.40. The molecular formula is C21H26ClN3O4. The Hall–Kier alpha value is -2.77. The topological polar surface area (TPSA) is 71.1 Å². The number of halogens is 1. The van der Waals surface area contributed by atoms with Crippen molar-refractivity contribution in [3.05, 3.63) is 53.1 Å². The van der Waals surface area contributed by atoms with Gasteiger partial charge in [-0.3, -0.25) is 14.5 Å². The number of methoxy groups -OCH3 is 2. The average molecular weight is 420 g/mol. The first-order valence-corrected chi connectivity index (χ1v) is 9.39. The fourth-order valence-corrected chi connectivity index (χ4v) is 2.97. The van der Waals surface area contributed by atoms with Crippen LogP contribution in [0.1, 0.15) is 5.56 Å². The van der Waals surface area contributed by atoms with Crippen LogP contribution in [0.2, 0.25) is 5.02 Å². The van der Waals surface area contributed by atoms with Crippen molar-refractivity contribution in [1.82, 2.24) is 9.80 Å². The van der Waals surface area contributed by atoms with Crippen LogP contribution in [0.5, 0.6) is 11.5 Å². The maximum absolute atomic E-state index is 12.5. The number of anilines is 1. The van der Waals surface area contributed by atoms with Gasteiger partial charge in [0.25, 0.3) is 0 Å². The van der Waals surface area contributed by atoms with E-state index in [1.54, 1.807) is 57.7 Å². The van der Waals surface area contributed by atoms with E-state index in [1.807, 2.05) is 18.0 Å². The van der Waals surface area contributed by atoms with Gasteiger partial charge in [-0.15, -0.1) is 0 Å². The zero-order chi connectivity index (χ0) is 21.4. The monoisotopic (exact) mass is 419 g/mol. The van der Waals surface area contributed by atoms with Gasteiger partial charge >= 0.3 is 0 Å². The van der Waals surface area contributed by atoms with Crippen molar-refractivity contribution >= 4 is 29.1 Å². The first kappa shape index (κ1) is 22.5. The lowest BCUT2D eigenvalue weighted by molar-refractivity contribution is -0.134. The van der Waals surface area contributed by atoms with E-state index < -0.39 is 0 Å². The molecule has 2 aromatic carbocycles. The lowest BCUT2D eigenvalue weighted by Gasteiger charge is -2.22. The number of hydrogen-bond donors (Lipinski definition) is 1. The number of carbonyl (C=O) groups is 2. The minimum absolute atomic E-state index is 0.0512. The van der Waals surface area contributed by atoms with Crippen LogP contribution in [0.4, 0.5) is 5.69 Å². The third-order valence-corrected chi connectivity index (χ3v) is 4.48. The Morgan fingerprint density at radius 2 is 1.79 bits per heavy atom. The molecule has 0 saturated heterocycles. The highest BCUT2D eigenvalue weighted by atomic mass is 35.5. The van der Waals surface area contributed by atoms with Crippen molar-refractivity contribution in [3.63, 3.8) is 0 Å². The van der Waals surface area contributed by atoms with Gasteiger partial charge in [0, 0.05) is 35.9 Å². The van der Waals surface area contributed by atoms with Gasteiger partial charge < -0.3 is 19.7 Å². The van der Waals surface area contributed by atoms with Gasteiger partial charge in [-0.25, -0.2) is 0 Å². The van der Waals surface area contributed by atoms with E-state index in [9.17, 15) is 9.59 Å². The SMILES string of the molecule is COc1cccc(NC(=O)CN(C)C(=O)CN(C)Cc2cc(Cl)ccc2OC)c1. The van der Waals surface area contributed by atoms with Gasteiger partial charge in [0.15, 0.2) is 0 Å². The number of rotatable bonds is 9. The highest BCUT2D eigenvalue weighted by Gasteiger charge is 2.16. The van der Waals surface area contributed by atoms with E-state index in [0.717, 1.165) is 5.56 Å². The van der Waals surface area contributed by atoms with Gasteiger partial charge in [0.2, 0.25) is 11.8 Å². The average Bonchev–Trinajstić information content (AvgIpc) is 2.68. The largest absolute Gasteiger partial charge is 0.497 e. The summed E-state index contributed by atoms with van der Waals surface area (Å²) in [6, 6.07) is 12.4. The van der Waals surface area contributed by atoms with Crippen LogP contribution in [0.3, 0.4) is 0 Å². The van der Waals surface area contributed by atoms with Gasteiger partial charge in [0.05, 0.1) is 27.3 Å². The van der Waals surface area contributed by atoms with E-state index in [1.165, 1.54) is 4.90 Å². The minimum Gasteiger partial charge on any atom is -0.497 e. The molecule has 0 bridgehead atoms. The molecule has 2 aromatic rings. The van der Waals surface area contributed by atoms with Gasteiger partial charge in [-0.05, 0) is 37.4 Å². The molecule has 0 radical (unpaired) electrons. The van der Waals surface area contributed by atoms with Crippen LogP contribution < -0.4 is 14.8 Å². The number of nitrogens with zero attached hydrogens (tertiary/aromatic N) is 2. The predicted octanol–water partition coefficient (Wildman–Crippen LogP) is 2.89. The fourth-order valence-electron chi connectivity index (χ4n) is 2.77. The molecule has 29 heavy (non-hydrogen) atoms. The van der Waals surface area contributed by atoms with E-state index >= 15 is 0 Å². The summed E-state index contributed by atoms with van der Waals surface area (Å²) in [5, 5.41) is 3.36. The molecule has 0 unspecified atom stereocenters. The minimum atomic E-state index is -0.284. The van der Waals surface area contributed by atoms with Gasteiger partial charge in [0.1, 0.15) is 11.5 Å². The number of carbonyl (C=O) groups excluding carboxylic acids is 2. The van der Waals surface area contributed by atoms with Crippen molar-refractivity contribution in [2.45, 2.75) is 6.54 Å². The number of likely N-dealkylation sites (N-methyl/N-ethyl adjacent to an activating group) is 2. The molecule has 0 aromatic heterocycles. The second kappa shape index (κ2) is 10.7. The zero-order valence-corrected chi connectivity index (χ0v) is 17.8. The Bertz CT molecular complexity index is 860. The van der Waals surface area contributed by atoms with Gasteiger partial charge in [-0.2, -0.15) is 0 Å². The van der Waals surface area contributed by atoms with E-state index in [4.69, 9.17) is 21.1 Å². The van der Waals surface area contributed by atoms with Crippen molar-refractivity contribution in [2.75, 3.05) is 46.7 Å². The first-order chi connectivity index (χ1) is 13.8.